The van der Waals surface area contributed by atoms with Crippen molar-refractivity contribution in [1.82, 2.24) is 45.7 Å². The number of benzene rings is 2. The van der Waals surface area contributed by atoms with Gasteiger partial charge >= 0.3 is 0 Å². The second kappa shape index (κ2) is 18.9. The Balaban J connectivity index is 0.762. The number of aliphatic hydroxyl groups is 1. The number of nitrogens with zero attached hydrogens (tertiary/aromatic N) is 7. The number of aromatic hydroxyl groups is 1. The molecule has 2 aliphatic heterocycles. The van der Waals surface area contributed by atoms with E-state index < -0.39 is 23.6 Å². The Kier molecular flexibility index (Phi) is 12.9. The van der Waals surface area contributed by atoms with Gasteiger partial charge in [0.2, 0.25) is 23.7 Å². The molecule has 0 unspecified atom stereocenters. The molecule has 2 saturated heterocycles. The number of carbonyl (C=O) groups excluding carboxylic acids is 3. The number of β-amino-alcohol motifs (C(OH)–C–C–N with tert-alkyl or cyclic N) is 1. The van der Waals surface area contributed by atoms with E-state index in [0.29, 0.717) is 36.0 Å². The molecule has 3 fully saturated rings. The van der Waals surface area contributed by atoms with Crippen molar-refractivity contribution in [2.24, 2.45) is 11.3 Å². The van der Waals surface area contributed by atoms with Gasteiger partial charge in [-0.1, -0.05) is 57.2 Å². The highest BCUT2D eigenvalue weighted by molar-refractivity contribution is 7.13. The van der Waals surface area contributed by atoms with E-state index in [1.807, 2.05) is 94.3 Å². The Morgan fingerprint density at radius 2 is 1.64 bits per heavy atom. The van der Waals surface area contributed by atoms with Crippen LogP contribution in [-0.4, -0.2) is 101 Å². The average Bonchev–Trinajstić information content (AvgIpc) is 4.07. The smallest absolute Gasteiger partial charge is 0.246 e. The minimum atomic E-state index is -0.878. The number of hydrogen-bond donors (Lipinski definition) is 5. The molecular formula is C50H58N10O5S. The fourth-order valence-corrected chi connectivity index (χ4v) is 10.7. The summed E-state index contributed by atoms with van der Waals surface area (Å²) in [7, 11) is 0. The summed E-state index contributed by atoms with van der Waals surface area (Å²) in [6.45, 7) is 9.64. The molecule has 6 heterocycles. The van der Waals surface area contributed by atoms with Gasteiger partial charge in [0, 0.05) is 68.1 Å². The lowest BCUT2D eigenvalue weighted by molar-refractivity contribution is -0.144. The van der Waals surface area contributed by atoms with E-state index in [-0.39, 0.29) is 54.8 Å². The van der Waals surface area contributed by atoms with Crippen molar-refractivity contribution in [1.29, 1.82) is 0 Å². The van der Waals surface area contributed by atoms with Crippen LogP contribution in [0.15, 0.2) is 78.7 Å². The molecule has 16 heteroatoms. The van der Waals surface area contributed by atoms with Crippen LogP contribution in [0.3, 0.4) is 0 Å². The number of para-hydroxylation sites is 1. The van der Waals surface area contributed by atoms with E-state index in [9.17, 15) is 24.6 Å². The standard InChI is InChI=1S/C50H58N10O5S/c1-29-43(66-28-55-29)33-11-9-30(10-12-33)23-52-47(64)41-21-36(61)27-60(41)48(65)44(50(2,3)4)56-46(63)34-15-13-31(14-16-34)35-24-53-49(54-25-35)59-19-17-32(18-20-59)39-26-51-45-38(39)22-40(57-58-45)37-7-5-6-8-42(37)62/h5-12,22,24-26,28,31-32,34,36,41,44,61-62H,13-21,23,27H2,1-4H3,(H,51,58)(H,52,64)(H,56,63)/t31-,34-,36-,41+,44-/m1/s1. The monoisotopic (exact) mass is 910 g/mol. The van der Waals surface area contributed by atoms with E-state index in [4.69, 9.17) is 9.97 Å². The fraction of sp³-hybridized carbons (Fsp3) is 0.440. The lowest BCUT2D eigenvalue weighted by Crippen LogP contribution is -2.58. The van der Waals surface area contributed by atoms with Crippen molar-refractivity contribution in [3.05, 3.63) is 101 Å². The summed E-state index contributed by atoms with van der Waals surface area (Å²) in [5.41, 5.74) is 8.43. The molecule has 15 nitrogen and oxygen atoms in total. The molecule has 0 bridgehead atoms. The number of thiazole rings is 1. The predicted molar refractivity (Wildman–Crippen MR) is 254 cm³/mol. The number of aryl methyl sites for hydroxylation is 1. The van der Waals surface area contributed by atoms with E-state index >= 15 is 0 Å². The van der Waals surface area contributed by atoms with Crippen molar-refractivity contribution in [3.63, 3.8) is 0 Å². The minimum absolute atomic E-state index is 0.0249. The van der Waals surface area contributed by atoms with E-state index in [1.54, 1.807) is 23.5 Å². The number of fused-ring (bicyclic) bond motifs is 1. The van der Waals surface area contributed by atoms with Crippen molar-refractivity contribution in [3.8, 4) is 27.4 Å². The maximum Gasteiger partial charge on any atom is 0.246 e. The average molecular weight is 911 g/mol. The number of rotatable bonds is 11. The number of carbonyl (C=O) groups is 3. The SMILES string of the molecule is Cc1ncsc1-c1ccc(CNC(=O)[C@@H]2C[C@@H](O)CN2C(=O)[C@@H](NC(=O)[C@H]2CC[C@H](c3cnc(N4CCC(c5c[nH]c6nnc(-c7ccccc7O)cc56)CC4)nc3)CC2)C(C)(C)C)cc1. The van der Waals surface area contributed by atoms with Gasteiger partial charge in [-0.15, -0.1) is 21.5 Å². The van der Waals surface area contributed by atoms with E-state index in [2.05, 4.69) is 35.7 Å². The number of phenols is 1. The highest BCUT2D eigenvalue weighted by atomic mass is 32.1. The highest BCUT2D eigenvalue weighted by Gasteiger charge is 2.45. The number of likely N-dealkylation sites (tertiary alicyclic amines) is 1. The molecule has 1 saturated carbocycles. The molecule has 0 radical (unpaired) electrons. The van der Waals surface area contributed by atoms with Gasteiger partial charge in [0.05, 0.1) is 27.9 Å². The van der Waals surface area contributed by atoms with Gasteiger partial charge in [0.15, 0.2) is 5.65 Å². The predicted octanol–water partition coefficient (Wildman–Crippen LogP) is 7.02. The number of nitrogens with one attached hydrogen (secondary N) is 3. The number of piperidine rings is 1. The topological polar surface area (TPSA) is 202 Å². The van der Waals surface area contributed by atoms with Crippen molar-refractivity contribution < 1.29 is 24.6 Å². The van der Waals surface area contributed by atoms with Crippen molar-refractivity contribution >= 4 is 46.0 Å². The molecule has 0 spiro atoms. The number of hydrogen-bond acceptors (Lipinski definition) is 12. The summed E-state index contributed by atoms with van der Waals surface area (Å²) in [5, 5.41) is 36.9. The first-order valence-corrected chi connectivity index (χ1v) is 23.9. The van der Waals surface area contributed by atoms with Gasteiger partial charge in [-0.2, -0.15) is 0 Å². The molecule has 6 aromatic rings. The van der Waals surface area contributed by atoms with Crippen LogP contribution in [0.5, 0.6) is 5.75 Å². The zero-order valence-electron chi connectivity index (χ0n) is 37.9. The number of anilines is 1. The lowest BCUT2D eigenvalue weighted by Gasteiger charge is -2.37. The largest absolute Gasteiger partial charge is 0.507 e. The summed E-state index contributed by atoms with van der Waals surface area (Å²) < 4.78 is 0. The first-order chi connectivity index (χ1) is 31.8. The fourth-order valence-electron chi connectivity index (χ4n) is 9.93. The molecule has 5 N–H and O–H groups in total. The Morgan fingerprint density at radius 1 is 0.909 bits per heavy atom. The Labute approximate surface area is 388 Å². The van der Waals surface area contributed by atoms with Crippen LogP contribution >= 0.6 is 11.3 Å². The summed E-state index contributed by atoms with van der Waals surface area (Å²) in [6, 6.07) is 15.4. The molecule has 3 atom stereocenters. The minimum Gasteiger partial charge on any atom is -0.507 e. The second-order valence-corrected chi connectivity index (χ2v) is 20.1. The van der Waals surface area contributed by atoms with E-state index in [0.717, 1.165) is 77.1 Å². The third kappa shape index (κ3) is 9.52. The van der Waals surface area contributed by atoms with E-state index in [1.165, 1.54) is 10.5 Å². The maximum atomic E-state index is 14.3. The van der Waals surface area contributed by atoms with Gasteiger partial charge in [-0.05, 0) is 103 Å². The summed E-state index contributed by atoms with van der Waals surface area (Å²) in [6.07, 6.45) is 9.99. The van der Waals surface area contributed by atoms with Crippen LogP contribution in [-0.2, 0) is 20.9 Å². The Morgan fingerprint density at radius 3 is 2.32 bits per heavy atom. The van der Waals surface area contributed by atoms with Gasteiger partial charge in [-0.3, -0.25) is 14.4 Å². The van der Waals surface area contributed by atoms with Crippen LogP contribution in [0, 0.1) is 18.3 Å². The van der Waals surface area contributed by atoms with Crippen LogP contribution in [0.2, 0.25) is 0 Å². The van der Waals surface area contributed by atoms with Gasteiger partial charge in [0.1, 0.15) is 17.8 Å². The molecular weight excluding hydrogens is 853 g/mol. The van der Waals surface area contributed by atoms with Gasteiger partial charge < -0.3 is 35.6 Å². The van der Waals surface area contributed by atoms with Crippen LogP contribution in [0.1, 0.15) is 99.9 Å². The highest BCUT2D eigenvalue weighted by Crippen LogP contribution is 2.39. The van der Waals surface area contributed by atoms with Gasteiger partial charge in [-0.25, -0.2) is 15.0 Å². The van der Waals surface area contributed by atoms with Crippen molar-refractivity contribution in [2.45, 2.75) is 109 Å². The maximum absolute atomic E-state index is 14.3. The number of phenolic OH excluding ortho intramolecular Hbond substituents is 1. The van der Waals surface area contributed by atoms with Crippen LogP contribution in [0.25, 0.3) is 32.7 Å². The Bertz CT molecular complexity index is 2680. The first-order valence-electron chi connectivity index (χ1n) is 23.1. The molecule has 344 valence electrons. The summed E-state index contributed by atoms with van der Waals surface area (Å²) in [4.78, 5) is 63.8. The molecule has 3 amide bonds. The normalized spacial score (nSPS) is 20.9. The summed E-state index contributed by atoms with van der Waals surface area (Å²) in [5.74, 6) is 0.341. The second-order valence-electron chi connectivity index (χ2n) is 19.3. The molecule has 66 heavy (non-hydrogen) atoms. The summed E-state index contributed by atoms with van der Waals surface area (Å²) >= 11 is 1.59. The third-order valence-corrected chi connectivity index (χ3v) is 14.8. The van der Waals surface area contributed by atoms with Crippen LogP contribution in [0.4, 0.5) is 5.95 Å². The van der Waals surface area contributed by atoms with Crippen molar-refractivity contribution in [2.75, 3.05) is 24.5 Å². The molecule has 9 rings (SSSR count). The number of amides is 3. The molecule has 3 aliphatic rings. The lowest BCUT2D eigenvalue weighted by atomic mass is 9.78. The number of aromatic amines is 1. The molecule has 1 aliphatic carbocycles. The molecule has 4 aromatic heterocycles. The number of aromatic nitrogens is 6. The zero-order valence-corrected chi connectivity index (χ0v) is 38.7. The number of H-pyrrole nitrogens is 1. The molecule has 2 aromatic carbocycles. The zero-order chi connectivity index (χ0) is 46.1. The van der Waals surface area contributed by atoms with Gasteiger partial charge in [0.25, 0.3) is 0 Å². The Hall–Kier alpha value is -6.26. The third-order valence-electron chi connectivity index (χ3n) is 13.8. The quantitative estimate of drug-likeness (QED) is 0.0895. The van der Waals surface area contributed by atoms with Crippen LogP contribution < -0.4 is 15.5 Å². The number of aliphatic hydroxyl groups excluding tert-OH is 1. The first kappa shape index (κ1) is 44.9.